The summed E-state index contributed by atoms with van der Waals surface area (Å²) < 4.78 is 0. The Kier molecular flexibility index (Phi) is 4.32. The average Bonchev–Trinajstić information content (AvgIpc) is 1.65. The smallest absolute Gasteiger partial charge is 0.0754 e. The molecule has 2 nitrogen and oxygen atoms in total. The Morgan fingerprint density at radius 2 is 2.12 bits per heavy atom. The molecule has 0 aromatic heterocycles. The molecule has 1 N–H and O–H groups in total. The van der Waals surface area contributed by atoms with Crippen molar-refractivity contribution in [2.45, 2.75) is 6.10 Å². The number of hydrogen-bond acceptors (Lipinski definition) is 3. The molecule has 0 fully saturated rings. The minimum absolute atomic E-state index is 0.284. The van der Waals surface area contributed by atoms with Gasteiger partial charge in [0.1, 0.15) is 0 Å². The van der Waals surface area contributed by atoms with Crippen LogP contribution in [0.2, 0.25) is 0 Å². The second-order valence-electron chi connectivity index (χ2n) is 2.10. The minimum Gasteiger partial charge on any atom is -0.391 e. The van der Waals surface area contributed by atoms with E-state index in [0.29, 0.717) is 12.3 Å². The van der Waals surface area contributed by atoms with E-state index in [9.17, 15) is 0 Å². The van der Waals surface area contributed by atoms with E-state index in [2.05, 4.69) is 12.6 Å². The zero-order valence-electron chi connectivity index (χ0n) is 5.33. The normalized spacial score (nSPS) is 14.6. The first-order chi connectivity index (χ1) is 3.66. The molecule has 0 heterocycles. The van der Waals surface area contributed by atoms with Gasteiger partial charge in [-0.15, -0.1) is 0 Å². The van der Waals surface area contributed by atoms with E-state index >= 15 is 0 Å². The molecule has 0 spiro atoms. The molecular formula is C5H13NOS. The van der Waals surface area contributed by atoms with Gasteiger partial charge in [0.05, 0.1) is 6.10 Å². The molecule has 0 rings (SSSR count). The van der Waals surface area contributed by atoms with E-state index in [1.807, 2.05) is 19.0 Å². The molecule has 0 bridgehead atoms. The first-order valence-electron chi connectivity index (χ1n) is 2.60. The number of nitrogens with zero attached hydrogens (tertiary/aromatic N) is 1. The fourth-order valence-corrected chi connectivity index (χ4v) is 0.595. The minimum atomic E-state index is -0.284. The summed E-state index contributed by atoms with van der Waals surface area (Å²) in [5.41, 5.74) is 0. The van der Waals surface area contributed by atoms with Crippen molar-refractivity contribution in [3.63, 3.8) is 0 Å². The fourth-order valence-electron chi connectivity index (χ4n) is 0.479. The van der Waals surface area contributed by atoms with E-state index in [-0.39, 0.29) is 6.10 Å². The standard InChI is InChI=1S/C5H13NOS/c1-6(2)3-5(7)4-8/h5,7-8H,3-4H2,1-2H3. The van der Waals surface area contributed by atoms with Gasteiger partial charge >= 0.3 is 0 Å². The Morgan fingerprint density at radius 3 is 2.25 bits per heavy atom. The number of aliphatic hydroxyl groups is 1. The monoisotopic (exact) mass is 135 g/mol. The maximum atomic E-state index is 8.91. The van der Waals surface area contributed by atoms with Gasteiger partial charge in [-0.1, -0.05) is 0 Å². The van der Waals surface area contributed by atoms with Crippen LogP contribution in [-0.2, 0) is 0 Å². The summed E-state index contributed by atoms with van der Waals surface area (Å²) in [7, 11) is 3.85. The SMILES string of the molecule is CN(C)CC(O)CS. The number of likely N-dealkylation sites (N-methyl/N-ethyl adjacent to an activating group) is 1. The second-order valence-corrected chi connectivity index (χ2v) is 2.46. The highest BCUT2D eigenvalue weighted by Gasteiger charge is 1.99. The molecule has 0 saturated carbocycles. The van der Waals surface area contributed by atoms with E-state index in [1.54, 1.807) is 0 Å². The van der Waals surface area contributed by atoms with Gasteiger partial charge in [0.2, 0.25) is 0 Å². The van der Waals surface area contributed by atoms with Crippen LogP contribution in [-0.4, -0.2) is 42.5 Å². The number of rotatable bonds is 3. The lowest BCUT2D eigenvalue weighted by molar-refractivity contribution is 0.158. The second kappa shape index (κ2) is 4.18. The molecular weight excluding hydrogens is 122 g/mol. The molecule has 1 atom stereocenters. The zero-order valence-corrected chi connectivity index (χ0v) is 6.23. The van der Waals surface area contributed by atoms with E-state index in [4.69, 9.17) is 5.11 Å². The highest BCUT2D eigenvalue weighted by atomic mass is 32.1. The summed E-state index contributed by atoms with van der Waals surface area (Å²) in [6.07, 6.45) is -0.284. The van der Waals surface area contributed by atoms with Gasteiger partial charge in [0.15, 0.2) is 0 Å². The Labute approximate surface area is 55.9 Å². The van der Waals surface area contributed by atoms with E-state index in [1.165, 1.54) is 0 Å². The van der Waals surface area contributed by atoms with Crippen LogP contribution >= 0.6 is 12.6 Å². The zero-order chi connectivity index (χ0) is 6.57. The van der Waals surface area contributed by atoms with Crippen LogP contribution in [0.5, 0.6) is 0 Å². The van der Waals surface area contributed by atoms with Crippen molar-refractivity contribution in [2.24, 2.45) is 0 Å². The third-order valence-electron chi connectivity index (χ3n) is 0.787. The predicted octanol–water partition coefficient (Wildman–Crippen LogP) is -0.161. The van der Waals surface area contributed by atoms with Crippen LogP contribution in [0.15, 0.2) is 0 Å². The molecule has 50 valence electrons. The number of aliphatic hydroxyl groups excluding tert-OH is 1. The van der Waals surface area contributed by atoms with Crippen LogP contribution in [0, 0.1) is 0 Å². The molecule has 3 heteroatoms. The number of hydrogen-bond donors (Lipinski definition) is 2. The van der Waals surface area contributed by atoms with Crippen molar-refractivity contribution in [3.05, 3.63) is 0 Å². The molecule has 0 aromatic rings. The summed E-state index contributed by atoms with van der Waals surface area (Å²) in [6, 6.07) is 0. The van der Waals surface area contributed by atoms with Gasteiger partial charge in [-0.05, 0) is 14.1 Å². The van der Waals surface area contributed by atoms with Crippen LogP contribution in [0.3, 0.4) is 0 Å². The highest BCUT2D eigenvalue weighted by Crippen LogP contribution is 1.87. The van der Waals surface area contributed by atoms with Gasteiger partial charge in [-0.2, -0.15) is 12.6 Å². The summed E-state index contributed by atoms with van der Waals surface area (Å²) in [5, 5.41) is 8.91. The summed E-state index contributed by atoms with van der Waals surface area (Å²) in [4.78, 5) is 1.93. The van der Waals surface area contributed by atoms with E-state index < -0.39 is 0 Å². The summed E-state index contributed by atoms with van der Waals surface area (Å²) in [6.45, 7) is 0.698. The van der Waals surface area contributed by atoms with E-state index in [0.717, 1.165) is 0 Å². The van der Waals surface area contributed by atoms with Crippen LogP contribution in [0.4, 0.5) is 0 Å². The first-order valence-corrected chi connectivity index (χ1v) is 3.23. The Balaban J connectivity index is 3.10. The summed E-state index contributed by atoms with van der Waals surface area (Å²) in [5.74, 6) is 0.540. The average molecular weight is 135 g/mol. The molecule has 0 aromatic carbocycles. The topological polar surface area (TPSA) is 23.5 Å². The van der Waals surface area contributed by atoms with Gasteiger partial charge in [-0.3, -0.25) is 0 Å². The van der Waals surface area contributed by atoms with Crippen molar-refractivity contribution in [1.29, 1.82) is 0 Å². The van der Waals surface area contributed by atoms with Crippen molar-refractivity contribution in [1.82, 2.24) is 4.90 Å². The Bertz CT molecular complexity index is 58.4. The molecule has 0 aliphatic heterocycles. The fraction of sp³-hybridized carbons (Fsp3) is 1.00. The molecule has 0 radical (unpaired) electrons. The molecule has 0 saturated heterocycles. The van der Waals surface area contributed by atoms with Gasteiger partial charge in [0.25, 0.3) is 0 Å². The van der Waals surface area contributed by atoms with Crippen LogP contribution < -0.4 is 0 Å². The highest BCUT2D eigenvalue weighted by molar-refractivity contribution is 7.80. The molecule has 1 unspecified atom stereocenters. The maximum Gasteiger partial charge on any atom is 0.0754 e. The van der Waals surface area contributed by atoms with Gasteiger partial charge < -0.3 is 10.0 Å². The Hall–Kier alpha value is 0.270. The summed E-state index contributed by atoms with van der Waals surface area (Å²) >= 11 is 3.91. The van der Waals surface area contributed by atoms with Crippen molar-refractivity contribution >= 4 is 12.6 Å². The van der Waals surface area contributed by atoms with Crippen molar-refractivity contribution < 1.29 is 5.11 Å². The van der Waals surface area contributed by atoms with Crippen LogP contribution in [0.25, 0.3) is 0 Å². The van der Waals surface area contributed by atoms with Gasteiger partial charge in [-0.25, -0.2) is 0 Å². The maximum absolute atomic E-state index is 8.91. The third kappa shape index (κ3) is 4.43. The Morgan fingerprint density at radius 1 is 1.62 bits per heavy atom. The molecule has 8 heavy (non-hydrogen) atoms. The third-order valence-corrected chi connectivity index (χ3v) is 1.21. The van der Waals surface area contributed by atoms with Crippen LogP contribution in [0.1, 0.15) is 0 Å². The lowest BCUT2D eigenvalue weighted by Gasteiger charge is -2.12. The lowest BCUT2D eigenvalue weighted by Crippen LogP contribution is -2.26. The first kappa shape index (κ1) is 8.27. The largest absolute Gasteiger partial charge is 0.391 e. The predicted molar refractivity (Wildman–Crippen MR) is 38.4 cm³/mol. The molecule has 0 aliphatic carbocycles. The van der Waals surface area contributed by atoms with Gasteiger partial charge in [0, 0.05) is 12.3 Å². The molecule has 0 aliphatic rings. The van der Waals surface area contributed by atoms with Crippen molar-refractivity contribution in [3.8, 4) is 0 Å². The number of thiol groups is 1. The quantitative estimate of drug-likeness (QED) is 0.525. The van der Waals surface area contributed by atoms with Crippen molar-refractivity contribution in [2.75, 3.05) is 26.4 Å². The molecule has 0 amide bonds. The lowest BCUT2D eigenvalue weighted by atomic mass is 10.4.